The van der Waals surface area contributed by atoms with Gasteiger partial charge < -0.3 is 19.6 Å². The van der Waals surface area contributed by atoms with E-state index in [9.17, 15) is 8.42 Å². The van der Waals surface area contributed by atoms with E-state index >= 15 is 0 Å². The van der Waals surface area contributed by atoms with Crippen LogP contribution in [-0.4, -0.2) is 52.2 Å². The largest absolute Gasteiger partial charge is 0.447 e. The molecule has 0 bridgehead atoms. The minimum atomic E-state index is -3.70. The van der Waals surface area contributed by atoms with Crippen molar-refractivity contribution in [3.05, 3.63) is 17.9 Å². The number of sulfonamides is 1. The van der Waals surface area contributed by atoms with Gasteiger partial charge in [-0.3, -0.25) is 0 Å². The van der Waals surface area contributed by atoms with Crippen LogP contribution in [0.3, 0.4) is 0 Å². The van der Waals surface area contributed by atoms with Gasteiger partial charge in [0.05, 0.1) is 19.8 Å². The predicted molar refractivity (Wildman–Crippen MR) is 78.3 cm³/mol. The maximum absolute atomic E-state index is 12.5. The van der Waals surface area contributed by atoms with Crippen molar-refractivity contribution in [1.82, 2.24) is 4.31 Å². The van der Waals surface area contributed by atoms with Crippen molar-refractivity contribution in [2.75, 3.05) is 39.5 Å². The molecule has 0 spiro atoms. The quantitative estimate of drug-likeness (QED) is 0.606. The van der Waals surface area contributed by atoms with Gasteiger partial charge in [0.25, 0.3) is 10.0 Å². The molecule has 2 N–H and O–H groups in total. The molecular formula is C13H24N2O5S. The van der Waals surface area contributed by atoms with Crippen LogP contribution in [0.2, 0.25) is 0 Å². The molecule has 0 aliphatic rings. The number of furan rings is 1. The fourth-order valence-electron chi connectivity index (χ4n) is 1.71. The van der Waals surface area contributed by atoms with Gasteiger partial charge in [0.15, 0.2) is 0 Å². The zero-order valence-electron chi connectivity index (χ0n) is 12.6. The monoisotopic (exact) mass is 320 g/mol. The van der Waals surface area contributed by atoms with E-state index in [4.69, 9.17) is 19.6 Å². The first-order valence-corrected chi connectivity index (χ1v) is 8.44. The number of nitrogens with two attached hydrogens (primary N) is 1. The SMILES string of the molecule is CCOCCN(CCOCC)S(=O)(=O)c1ccc(CN)o1. The van der Waals surface area contributed by atoms with Crippen LogP contribution >= 0.6 is 0 Å². The summed E-state index contributed by atoms with van der Waals surface area (Å²) >= 11 is 0. The molecule has 0 fully saturated rings. The summed E-state index contributed by atoms with van der Waals surface area (Å²) in [5.74, 6) is 0.433. The molecular weight excluding hydrogens is 296 g/mol. The van der Waals surface area contributed by atoms with Gasteiger partial charge >= 0.3 is 0 Å². The molecule has 0 aliphatic heterocycles. The lowest BCUT2D eigenvalue weighted by atomic mass is 10.5. The van der Waals surface area contributed by atoms with Crippen molar-refractivity contribution >= 4 is 10.0 Å². The Kier molecular flexibility index (Phi) is 7.91. The van der Waals surface area contributed by atoms with Crippen LogP contribution in [0.1, 0.15) is 19.6 Å². The molecule has 122 valence electrons. The summed E-state index contributed by atoms with van der Waals surface area (Å²) in [6, 6.07) is 2.99. The Labute approximate surface area is 126 Å². The molecule has 0 amide bonds. The summed E-state index contributed by atoms with van der Waals surface area (Å²) in [7, 11) is -3.70. The van der Waals surface area contributed by atoms with E-state index in [1.165, 1.54) is 10.4 Å². The first kappa shape index (κ1) is 18.1. The molecule has 1 heterocycles. The van der Waals surface area contributed by atoms with Crippen molar-refractivity contribution in [3.8, 4) is 0 Å². The molecule has 1 aromatic heterocycles. The van der Waals surface area contributed by atoms with Gasteiger partial charge in [0, 0.05) is 26.3 Å². The summed E-state index contributed by atoms with van der Waals surface area (Å²) in [6.07, 6.45) is 0. The maximum Gasteiger partial charge on any atom is 0.276 e. The van der Waals surface area contributed by atoms with Crippen LogP contribution < -0.4 is 5.73 Å². The first-order valence-electron chi connectivity index (χ1n) is 7.00. The molecule has 0 radical (unpaired) electrons. The highest BCUT2D eigenvalue weighted by atomic mass is 32.2. The molecule has 1 aromatic rings. The van der Waals surface area contributed by atoms with Crippen LogP contribution in [0, 0.1) is 0 Å². The van der Waals surface area contributed by atoms with Crippen molar-refractivity contribution in [2.24, 2.45) is 5.73 Å². The number of nitrogens with zero attached hydrogens (tertiary/aromatic N) is 1. The fourth-order valence-corrected chi connectivity index (χ4v) is 3.04. The average molecular weight is 320 g/mol. The number of hydrogen-bond acceptors (Lipinski definition) is 6. The summed E-state index contributed by atoms with van der Waals surface area (Å²) in [4.78, 5) is 0. The lowest BCUT2D eigenvalue weighted by molar-refractivity contribution is 0.110. The normalized spacial score (nSPS) is 12.2. The molecule has 0 atom stereocenters. The van der Waals surface area contributed by atoms with Crippen LogP contribution in [-0.2, 0) is 26.0 Å². The number of hydrogen-bond donors (Lipinski definition) is 1. The molecule has 1 rings (SSSR count). The molecule has 8 heteroatoms. The minimum absolute atomic E-state index is 0.101. The Morgan fingerprint density at radius 1 is 1.14 bits per heavy atom. The van der Waals surface area contributed by atoms with Crippen molar-refractivity contribution < 1.29 is 22.3 Å². The highest BCUT2D eigenvalue weighted by Crippen LogP contribution is 2.18. The van der Waals surface area contributed by atoms with E-state index in [2.05, 4.69) is 0 Å². The van der Waals surface area contributed by atoms with Gasteiger partial charge in [-0.25, -0.2) is 8.42 Å². The Balaban J connectivity index is 2.81. The summed E-state index contributed by atoms with van der Waals surface area (Å²) in [5, 5.41) is -0.101. The smallest absolute Gasteiger partial charge is 0.276 e. The average Bonchev–Trinajstić information content (AvgIpc) is 2.95. The second-order valence-corrected chi connectivity index (χ2v) is 6.09. The van der Waals surface area contributed by atoms with E-state index in [1.807, 2.05) is 13.8 Å². The van der Waals surface area contributed by atoms with E-state index in [0.717, 1.165) is 0 Å². The highest BCUT2D eigenvalue weighted by Gasteiger charge is 2.27. The predicted octanol–water partition coefficient (Wildman–Crippen LogP) is 0.802. The van der Waals surface area contributed by atoms with Gasteiger partial charge in [0.2, 0.25) is 5.09 Å². The molecule has 0 saturated carbocycles. The van der Waals surface area contributed by atoms with Gasteiger partial charge in [-0.2, -0.15) is 4.31 Å². The van der Waals surface area contributed by atoms with Gasteiger partial charge in [-0.1, -0.05) is 0 Å². The van der Waals surface area contributed by atoms with Gasteiger partial charge in [-0.15, -0.1) is 0 Å². The Hall–Kier alpha value is -0.930. The summed E-state index contributed by atoms with van der Waals surface area (Å²) < 4.78 is 42.1. The Morgan fingerprint density at radius 3 is 2.14 bits per heavy atom. The van der Waals surface area contributed by atoms with Crippen molar-refractivity contribution in [1.29, 1.82) is 0 Å². The Bertz CT molecular complexity index is 490. The van der Waals surface area contributed by atoms with E-state index in [-0.39, 0.29) is 24.7 Å². The van der Waals surface area contributed by atoms with Crippen molar-refractivity contribution in [3.63, 3.8) is 0 Å². The lowest BCUT2D eigenvalue weighted by Crippen LogP contribution is -2.36. The lowest BCUT2D eigenvalue weighted by Gasteiger charge is -2.20. The van der Waals surface area contributed by atoms with Gasteiger partial charge in [-0.05, 0) is 26.0 Å². The van der Waals surface area contributed by atoms with Crippen LogP contribution in [0.4, 0.5) is 0 Å². The molecule has 21 heavy (non-hydrogen) atoms. The standard InChI is InChI=1S/C13H24N2O5S/c1-3-18-9-7-15(8-10-19-4-2)21(16,17)13-6-5-12(11-14)20-13/h5-6H,3-4,7-11,14H2,1-2H3. The number of ether oxygens (including phenoxy) is 2. The first-order chi connectivity index (χ1) is 10.1. The van der Waals surface area contributed by atoms with E-state index in [1.54, 1.807) is 6.07 Å². The van der Waals surface area contributed by atoms with Crippen LogP contribution in [0.5, 0.6) is 0 Å². The van der Waals surface area contributed by atoms with Crippen molar-refractivity contribution in [2.45, 2.75) is 25.5 Å². The third-order valence-electron chi connectivity index (χ3n) is 2.81. The maximum atomic E-state index is 12.5. The van der Waals surface area contributed by atoms with Crippen LogP contribution in [0.25, 0.3) is 0 Å². The topological polar surface area (TPSA) is 95.0 Å². The fraction of sp³-hybridized carbons (Fsp3) is 0.692. The second kappa shape index (κ2) is 9.16. The molecule has 0 aromatic carbocycles. The number of rotatable bonds is 11. The summed E-state index contributed by atoms with van der Waals surface area (Å²) in [6.45, 7) is 6.11. The second-order valence-electron chi connectivity index (χ2n) is 4.22. The zero-order valence-corrected chi connectivity index (χ0v) is 13.4. The van der Waals surface area contributed by atoms with Gasteiger partial charge in [0.1, 0.15) is 5.76 Å². The third-order valence-corrected chi connectivity index (χ3v) is 4.58. The Morgan fingerprint density at radius 2 is 1.71 bits per heavy atom. The minimum Gasteiger partial charge on any atom is -0.447 e. The zero-order chi connectivity index (χ0) is 15.7. The summed E-state index contributed by atoms with van der Waals surface area (Å²) in [5.41, 5.74) is 5.44. The third kappa shape index (κ3) is 5.40. The van der Waals surface area contributed by atoms with E-state index < -0.39 is 10.0 Å². The molecule has 7 nitrogen and oxygen atoms in total. The molecule has 0 unspecified atom stereocenters. The highest BCUT2D eigenvalue weighted by molar-refractivity contribution is 7.89. The molecule has 0 aliphatic carbocycles. The molecule has 0 saturated heterocycles. The van der Waals surface area contributed by atoms with E-state index in [0.29, 0.717) is 32.2 Å². The van der Waals surface area contributed by atoms with Crippen LogP contribution in [0.15, 0.2) is 21.6 Å².